The zero-order valence-electron chi connectivity index (χ0n) is 39.8. The fourth-order valence-corrected chi connectivity index (χ4v) is 7.53. The van der Waals surface area contributed by atoms with E-state index in [0.29, 0.717) is 42.4 Å². The number of hydrogen-bond donors (Lipinski definition) is 1. The highest BCUT2D eigenvalue weighted by molar-refractivity contribution is 6.03. The third-order valence-corrected chi connectivity index (χ3v) is 11.5. The van der Waals surface area contributed by atoms with Gasteiger partial charge in [0.05, 0.1) is 16.0 Å². The maximum Gasteiger partial charge on any atom is 0.560 e. The summed E-state index contributed by atoms with van der Waals surface area (Å²) in [7, 11) is 3.96. The molecule has 5 saturated heterocycles. The molecule has 2 atom stereocenters. The van der Waals surface area contributed by atoms with Crippen LogP contribution >= 0.6 is 0 Å². The summed E-state index contributed by atoms with van der Waals surface area (Å²) in [6.07, 6.45) is -4.45. The average Bonchev–Trinajstić information content (AvgIpc) is 3.95. The van der Waals surface area contributed by atoms with Crippen LogP contribution in [0.2, 0.25) is 0 Å². The van der Waals surface area contributed by atoms with Crippen LogP contribution in [0.15, 0.2) is 36.4 Å². The first kappa shape index (κ1) is 57.6. The molecule has 5 aliphatic heterocycles. The number of imide groups is 3. The number of amides is 8. The van der Waals surface area contributed by atoms with Gasteiger partial charge in [0.2, 0.25) is 0 Å². The van der Waals surface area contributed by atoms with Crippen LogP contribution in [0.5, 0.6) is 0 Å². The second-order valence-electron chi connectivity index (χ2n) is 17.1. The quantitative estimate of drug-likeness (QED) is 0.137. The second kappa shape index (κ2) is 25.9. The van der Waals surface area contributed by atoms with Gasteiger partial charge in [0.1, 0.15) is 6.10 Å². The lowest BCUT2D eigenvalue weighted by Crippen LogP contribution is -2.47. The predicted octanol–water partition coefficient (Wildman–Crippen LogP) is 1.94. The Labute approximate surface area is 417 Å². The van der Waals surface area contributed by atoms with Gasteiger partial charge in [0, 0.05) is 138 Å². The van der Waals surface area contributed by atoms with Crippen molar-refractivity contribution in [1.82, 2.24) is 34.8 Å². The summed E-state index contributed by atoms with van der Waals surface area (Å²) in [5.41, 5.74) is 0.864. The van der Waals surface area contributed by atoms with E-state index in [1.54, 1.807) is 28.9 Å². The van der Waals surface area contributed by atoms with Crippen LogP contribution in [0, 0.1) is 20.2 Å². The maximum atomic E-state index is 12.7. The van der Waals surface area contributed by atoms with Gasteiger partial charge in [0.15, 0.2) is 0 Å². The van der Waals surface area contributed by atoms with Gasteiger partial charge in [-0.15, -0.1) is 0 Å². The van der Waals surface area contributed by atoms with Gasteiger partial charge in [0.25, 0.3) is 58.6 Å². The summed E-state index contributed by atoms with van der Waals surface area (Å²) in [5, 5.41) is 33.1. The fraction of sp³-hybridized carbons (Fsp3) is 0.511. The Morgan fingerprint density at radius 3 is 1.18 bits per heavy atom. The molecule has 0 saturated carbocycles. The number of carbonyl (C=O) groups is 10. The largest absolute Gasteiger partial charge is 0.560 e. The van der Waals surface area contributed by atoms with Crippen LogP contribution in [-0.4, -0.2) is 188 Å². The van der Waals surface area contributed by atoms with E-state index in [9.17, 15) is 73.3 Å². The number of ether oxygens (including phenoxy) is 1. The number of nitro benzene ring substituents is 2. The van der Waals surface area contributed by atoms with E-state index in [-0.39, 0.29) is 103 Å². The van der Waals surface area contributed by atoms with Gasteiger partial charge < -0.3 is 29.4 Å². The molecular weight excluding hydrogens is 971 g/mol. The first-order valence-electron chi connectivity index (χ1n) is 22.6. The number of carbonyl (C=O) groups excluding carboxylic acids is 10. The molecule has 5 heterocycles. The first-order valence-corrected chi connectivity index (χ1v) is 22.6. The fourth-order valence-electron chi connectivity index (χ4n) is 7.53. The SMILES string of the molecule is C.CC(Cc1ccc(C(=O)N2CCN(C)CC2)cc1[N+](=O)[O-])OC(=O)ON1C(=O)CCC1=O.CC(O)Cc1ccc(C(=O)N2CCN(C)CC2)cc1[N+](=O)[O-].O=C(ON1C(=O)CCC1=O)ON1C(=O)CCC1=O. The Kier molecular flexibility index (Phi) is 20.5. The molecule has 8 amide bonds. The lowest BCUT2D eigenvalue weighted by atomic mass is 10.0. The molecule has 1 N–H and O–H groups in total. The van der Waals surface area contributed by atoms with Crippen LogP contribution in [-0.2, 0) is 60.9 Å². The molecule has 0 spiro atoms. The molecule has 5 fully saturated rings. The molecule has 396 valence electrons. The molecule has 0 radical (unpaired) electrons. The molecule has 0 aliphatic carbocycles. The molecule has 73 heavy (non-hydrogen) atoms. The summed E-state index contributed by atoms with van der Waals surface area (Å²) < 4.78 is 5.02. The van der Waals surface area contributed by atoms with Crippen LogP contribution in [0.4, 0.5) is 21.0 Å². The minimum atomic E-state index is -1.48. The number of nitrogens with zero attached hydrogens (tertiary/aromatic N) is 9. The standard InChI is InChI=1S/C20H24N4O8.C15H21N3O4.C9H8N2O7.CH4/c1-13(31-20(28)32-23-17(25)5-6-18(23)26)11-14-3-4-15(12-16(14)24(29)30)19(27)22-9-7-21(2)8-10-22;1-11(19)9-12-3-4-13(10-14(12)18(21)22)15(20)17-7-5-16(2)6-8-17;12-5-1-2-6(13)10(5)17-9(16)18-11-7(14)3-4-8(11)15;/h3-4,12-13H,5-11H2,1-2H3;3-4,10-11,19H,5-9H2,1-2H3;1-4H2;1H4. The van der Waals surface area contributed by atoms with Gasteiger partial charge in [-0.1, -0.05) is 34.7 Å². The van der Waals surface area contributed by atoms with Crippen molar-refractivity contribution >= 4 is 70.9 Å². The van der Waals surface area contributed by atoms with E-state index < -0.39 is 69.8 Å². The molecule has 5 aliphatic rings. The molecule has 28 heteroatoms. The number of aliphatic hydroxyl groups is 1. The topological polar surface area (TPSA) is 337 Å². The molecule has 2 aromatic rings. The van der Waals surface area contributed by atoms with E-state index >= 15 is 0 Å². The van der Waals surface area contributed by atoms with Crippen LogP contribution in [0.3, 0.4) is 0 Å². The first-order chi connectivity index (χ1) is 34.0. The summed E-state index contributed by atoms with van der Waals surface area (Å²) in [4.78, 5) is 158. The zero-order chi connectivity index (χ0) is 53.0. The molecular formula is C45H57N9O19. The van der Waals surface area contributed by atoms with Gasteiger partial charge >= 0.3 is 12.3 Å². The van der Waals surface area contributed by atoms with Crippen molar-refractivity contribution in [1.29, 1.82) is 0 Å². The second-order valence-corrected chi connectivity index (χ2v) is 17.1. The number of rotatable bonds is 12. The Balaban J connectivity index is 0.000000247. The summed E-state index contributed by atoms with van der Waals surface area (Å²) in [6, 6.07) is 8.68. The summed E-state index contributed by atoms with van der Waals surface area (Å²) in [6.45, 7) is 8.45. The number of likely N-dealkylation sites (N-methyl/N-ethyl adjacent to an activating group) is 2. The number of nitro groups is 2. The number of benzene rings is 2. The zero-order valence-corrected chi connectivity index (χ0v) is 39.8. The van der Waals surface area contributed by atoms with E-state index in [1.165, 1.54) is 31.2 Å². The molecule has 2 aromatic carbocycles. The van der Waals surface area contributed by atoms with E-state index in [0.717, 1.165) is 26.2 Å². The van der Waals surface area contributed by atoms with Crippen molar-refractivity contribution in [2.75, 3.05) is 66.5 Å². The lowest BCUT2D eigenvalue weighted by Gasteiger charge is -2.32. The van der Waals surface area contributed by atoms with Crippen LogP contribution in [0.1, 0.15) is 91.6 Å². The Morgan fingerprint density at radius 2 is 0.863 bits per heavy atom. The number of hydrogen-bond acceptors (Lipinski definition) is 21. The highest BCUT2D eigenvalue weighted by atomic mass is 16.9. The molecule has 7 rings (SSSR count). The van der Waals surface area contributed by atoms with Gasteiger partial charge in [-0.25, -0.2) is 4.79 Å². The monoisotopic (exact) mass is 1030 g/mol. The Morgan fingerprint density at radius 1 is 0.548 bits per heavy atom. The third kappa shape index (κ3) is 15.8. The average molecular weight is 1030 g/mol. The highest BCUT2D eigenvalue weighted by Gasteiger charge is 2.38. The van der Waals surface area contributed by atoms with Gasteiger partial charge in [-0.3, -0.25) is 73.1 Å². The van der Waals surface area contributed by atoms with Gasteiger partial charge in [-0.05, 0) is 40.1 Å². The number of hydroxylamine groups is 6. The third-order valence-electron chi connectivity index (χ3n) is 11.5. The Hall–Kier alpha value is -7.98. The van der Waals surface area contributed by atoms with E-state index in [1.807, 2.05) is 14.1 Å². The number of aliphatic hydroxyl groups excluding tert-OH is 1. The predicted molar refractivity (Wildman–Crippen MR) is 247 cm³/mol. The van der Waals surface area contributed by atoms with E-state index in [2.05, 4.69) is 24.3 Å². The van der Waals surface area contributed by atoms with Crippen molar-refractivity contribution in [3.8, 4) is 0 Å². The minimum absolute atomic E-state index is 0. The van der Waals surface area contributed by atoms with Crippen molar-refractivity contribution in [3.05, 3.63) is 78.9 Å². The van der Waals surface area contributed by atoms with Crippen molar-refractivity contribution in [2.24, 2.45) is 0 Å². The van der Waals surface area contributed by atoms with Crippen molar-refractivity contribution < 1.29 is 82.1 Å². The maximum absolute atomic E-state index is 12.7. The van der Waals surface area contributed by atoms with Crippen LogP contribution < -0.4 is 0 Å². The molecule has 0 aromatic heterocycles. The molecule has 2 unspecified atom stereocenters. The normalized spacial score (nSPS) is 18.0. The smallest absolute Gasteiger partial charge is 0.429 e. The van der Waals surface area contributed by atoms with Gasteiger partial charge in [-0.2, -0.15) is 4.79 Å². The number of piperazine rings is 2. The summed E-state index contributed by atoms with van der Waals surface area (Å²) >= 11 is 0. The van der Waals surface area contributed by atoms with Crippen LogP contribution in [0.25, 0.3) is 0 Å². The Bertz CT molecular complexity index is 2400. The van der Waals surface area contributed by atoms with E-state index in [4.69, 9.17) is 4.74 Å². The molecule has 28 nitrogen and oxygen atoms in total. The highest BCUT2D eigenvalue weighted by Crippen LogP contribution is 2.26. The van der Waals surface area contributed by atoms with Crippen molar-refractivity contribution in [2.45, 2.75) is 84.8 Å². The van der Waals surface area contributed by atoms with Crippen molar-refractivity contribution in [3.63, 3.8) is 0 Å². The summed E-state index contributed by atoms with van der Waals surface area (Å²) in [5.74, 6) is -4.48. The minimum Gasteiger partial charge on any atom is -0.429 e. The lowest BCUT2D eigenvalue weighted by molar-refractivity contribution is -0.385. The molecule has 0 bridgehead atoms.